The highest BCUT2D eigenvalue weighted by molar-refractivity contribution is 5.95. The Morgan fingerprint density at radius 3 is 2.46 bits per heavy atom. The van der Waals surface area contributed by atoms with Crippen molar-refractivity contribution in [1.29, 1.82) is 0 Å². The maximum absolute atomic E-state index is 12.3. The molecule has 0 saturated heterocycles. The standard InChI is InChI=1S/C20H25NO5/c1-4-25-16-7-5-14(6-8-16)11-15(20(23)24)12-21-19(22)17-9-10-26-18(17)13(2)3/h5-10,13,15H,4,11-12H2,1-3H3,(H,21,22)(H,23,24). The van der Waals surface area contributed by atoms with Crippen molar-refractivity contribution in [3.8, 4) is 5.75 Å². The number of amides is 1. The number of nitrogens with one attached hydrogen (secondary N) is 1. The molecule has 1 aromatic carbocycles. The molecule has 1 atom stereocenters. The van der Waals surface area contributed by atoms with Crippen LogP contribution >= 0.6 is 0 Å². The minimum Gasteiger partial charge on any atom is -0.494 e. The summed E-state index contributed by atoms with van der Waals surface area (Å²) in [5, 5.41) is 12.2. The second kappa shape index (κ2) is 9.08. The number of hydrogen-bond donors (Lipinski definition) is 2. The van der Waals surface area contributed by atoms with Crippen molar-refractivity contribution in [2.75, 3.05) is 13.2 Å². The predicted octanol–water partition coefficient (Wildman–Crippen LogP) is 3.48. The van der Waals surface area contributed by atoms with Crippen LogP contribution in [0.15, 0.2) is 41.0 Å². The van der Waals surface area contributed by atoms with Gasteiger partial charge in [-0.05, 0) is 37.1 Å². The van der Waals surface area contributed by atoms with E-state index in [9.17, 15) is 14.7 Å². The molecule has 1 unspecified atom stereocenters. The predicted molar refractivity (Wildman–Crippen MR) is 97.6 cm³/mol. The summed E-state index contributed by atoms with van der Waals surface area (Å²) in [6.07, 6.45) is 1.79. The summed E-state index contributed by atoms with van der Waals surface area (Å²) in [7, 11) is 0. The summed E-state index contributed by atoms with van der Waals surface area (Å²) < 4.78 is 10.7. The van der Waals surface area contributed by atoms with Crippen LogP contribution in [0.5, 0.6) is 5.75 Å². The number of carboxylic acids is 1. The lowest BCUT2D eigenvalue weighted by molar-refractivity contribution is -0.141. The number of carbonyl (C=O) groups is 2. The van der Waals surface area contributed by atoms with Crippen molar-refractivity contribution in [3.63, 3.8) is 0 Å². The Kier molecular flexibility index (Phi) is 6.83. The smallest absolute Gasteiger partial charge is 0.308 e. The Morgan fingerprint density at radius 2 is 1.88 bits per heavy atom. The minimum absolute atomic E-state index is 0.0457. The van der Waals surface area contributed by atoms with Gasteiger partial charge in [-0.1, -0.05) is 26.0 Å². The maximum atomic E-state index is 12.3. The first-order valence-electron chi connectivity index (χ1n) is 8.72. The van der Waals surface area contributed by atoms with Gasteiger partial charge in [0, 0.05) is 12.5 Å². The van der Waals surface area contributed by atoms with Crippen LogP contribution in [0.4, 0.5) is 0 Å². The molecule has 0 bridgehead atoms. The lowest BCUT2D eigenvalue weighted by Crippen LogP contribution is -2.34. The molecule has 26 heavy (non-hydrogen) atoms. The van der Waals surface area contributed by atoms with Gasteiger partial charge in [0.15, 0.2) is 0 Å². The van der Waals surface area contributed by atoms with Crippen LogP contribution in [-0.4, -0.2) is 30.1 Å². The van der Waals surface area contributed by atoms with E-state index in [0.29, 0.717) is 24.4 Å². The average molecular weight is 359 g/mol. The lowest BCUT2D eigenvalue weighted by Gasteiger charge is -2.14. The third-order valence-electron chi connectivity index (χ3n) is 4.04. The Hall–Kier alpha value is -2.76. The second-order valence-corrected chi connectivity index (χ2v) is 6.38. The molecule has 0 aliphatic rings. The Balaban J connectivity index is 1.98. The zero-order valence-electron chi connectivity index (χ0n) is 15.3. The first kappa shape index (κ1) is 19.6. The average Bonchev–Trinajstić information content (AvgIpc) is 3.10. The van der Waals surface area contributed by atoms with Crippen molar-refractivity contribution in [3.05, 3.63) is 53.5 Å². The minimum atomic E-state index is -0.949. The molecular weight excluding hydrogens is 334 g/mol. The molecule has 0 spiro atoms. The van der Waals surface area contributed by atoms with E-state index in [0.717, 1.165) is 11.3 Å². The van der Waals surface area contributed by atoms with Crippen LogP contribution in [0.25, 0.3) is 0 Å². The zero-order valence-corrected chi connectivity index (χ0v) is 15.3. The van der Waals surface area contributed by atoms with Crippen molar-refractivity contribution in [2.24, 2.45) is 5.92 Å². The van der Waals surface area contributed by atoms with Crippen LogP contribution in [0.1, 0.15) is 48.4 Å². The van der Waals surface area contributed by atoms with Gasteiger partial charge in [0.05, 0.1) is 24.4 Å². The van der Waals surface area contributed by atoms with Crippen LogP contribution in [0.3, 0.4) is 0 Å². The van der Waals surface area contributed by atoms with E-state index < -0.39 is 11.9 Å². The quantitative estimate of drug-likeness (QED) is 0.715. The fourth-order valence-corrected chi connectivity index (χ4v) is 2.69. The van der Waals surface area contributed by atoms with Crippen molar-refractivity contribution < 1.29 is 23.8 Å². The molecule has 1 aromatic heterocycles. The molecule has 6 heteroatoms. The van der Waals surface area contributed by atoms with E-state index >= 15 is 0 Å². The Labute approximate surface area is 153 Å². The van der Waals surface area contributed by atoms with Gasteiger partial charge in [0.25, 0.3) is 5.91 Å². The van der Waals surface area contributed by atoms with Gasteiger partial charge in [-0.15, -0.1) is 0 Å². The first-order valence-corrected chi connectivity index (χ1v) is 8.72. The molecule has 6 nitrogen and oxygen atoms in total. The van der Waals surface area contributed by atoms with Gasteiger partial charge in [-0.3, -0.25) is 9.59 Å². The van der Waals surface area contributed by atoms with Gasteiger partial charge in [0.2, 0.25) is 0 Å². The summed E-state index contributed by atoms with van der Waals surface area (Å²) in [5.74, 6) is -0.564. The zero-order chi connectivity index (χ0) is 19.1. The molecule has 2 aromatic rings. The fraction of sp³-hybridized carbons (Fsp3) is 0.400. The molecule has 2 rings (SSSR count). The van der Waals surface area contributed by atoms with Crippen molar-refractivity contribution in [1.82, 2.24) is 5.32 Å². The maximum Gasteiger partial charge on any atom is 0.308 e. The summed E-state index contributed by atoms with van der Waals surface area (Å²) in [5.41, 5.74) is 1.33. The van der Waals surface area contributed by atoms with E-state index in [2.05, 4.69) is 5.32 Å². The number of furan rings is 1. The number of carboxylic acid groups (broad SMARTS) is 1. The van der Waals surface area contributed by atoms with Gasteiger partial charge >= 0.3 is 5.97 Å². The van der Waals surface area contributed by atoms with E-state index in [1.807, 2.05) is 45.0 Å². The van der Waals surface area contributed by atoms with E-state index in [1.165, 1.54) is 6.26 Å². The summed E-state index contributed by atoms with van der Waals surface area (Å²) in [6.45, 7) is 6.39. The molecule has 1 amide bonds. The second-order valence-electron chi connectivity index (χ2n) is 6.38. The van der Waals surface area contributed by atoms with E-state index in [1.54, 1.807) is 6.07 Å². The number of benzene rings is 1. The summed E-state index contributed by atoms with van der Waals surface area (Å²) in [6, 6.07) is 8.92. The normalized spacial score (nSPS) is 12.0. The highest BCUT2D eigenvalue weighted by Gasteiger charge is 2.22. The summed E-state index contributed by atoms with van der Waals surface area (Å²) >= 11 is 0. The Morgan fingerprint density at radius 1 is 1.19 bits per heavy atom. The molecule has 0 aliphatic carbocycles. The Bertz CT molecular complexity index is 733. The molecule has 0 fully saturated rings. The number of aliphatic carboxylic acids is 1. The van der Waals surface area contributed by atoms with Crippen molar-refractivity contribution >= 4 is 11.9 Å². The first-order chi connectivity index (χ1) is 12.4. The highest BCUT2D eigenvalue weighted by atomic mass is 16.5. The third kappa shape index (κ3) is 5.12. The molecule has 0 saturated carbocycles. The molecular formula is C20H25NO5. The van der Waals surface area contributed by atoms with Gasteiger partial charge in [-0.2, -0.15) is 0 Å². The van der Waals surface area contributed by atoms with Gasteiger partial charge in [0.1, 0.15) is 11.5 Å². The SMILES string of the molecule is CCOc1ccc(CC(CNC(=O)c2ccoc2C(C)C)C(=O)O)cc1. The summed E-state index contributed by atoms with van der Waals surface area (Å²) in [4.78, 5) is 23.9. The van der Waals surface area contributed by atoms with Gasteiger partial charge < -0.3 is 19.6 Å². The van der Waals surface area contributed by atoms with E-state index in [-0.39, 0.29) is 18.4 Å². The molecule has 140 valence electrons. The number of ether oxygens (including phenoxy) is 1. The topological polar surface area (TPSA) is 88.8 Å². The lowest BCUT2D eigenvalue weighted by atomic mass is 9.99. The molecule has 2 N–H and O–H groups in total. The number of rotatable bonds is 9. The highest BCUT2D eigenvalue weighted by Crippen LogP contribution is 2.20. The number of hydrogen-bond acceptors (Lipinski definition) is 4. The molecule has 0 radical (unpaired) electrons. The monoisotopic (exact) mass is 359 g/mol. The van der Waals surface area contributed by atoms with Crippen LogP contribution in [-0.2, 0) is 11.2 Å². The third-order valence-corrected chi connectivity index (χ3v) is 4.04. The van der Waals surface area contributed by atoms with Crippen LogP contribution in [0.2, 0.25) is 0 Å². The largest absolute Gasteiger partial charge is 0.494 e. The van der Waals surface area contributed by atoms with E-state index in [4.69, 9.17) is 9.15 Å². The molecule has 1 heterocycles. The van der Waals surface area contributed by atoms with Crippen LogP contribution in [0, 0.1) is 5.92 Å². The van der Waals surface area contributed by atoms with Gasteiger partial charge in [-0.25, -0.2) is 0 Å². The molecule has 0 aliphatic heterocycles. The fourth-order valence-electron chi connectivity index (χ4n) is 2.69. The number of carbonyl (C=O) groups excluding carboxylic acids is 1. The van der Waals surface area contributed by atoms with Crippen LogP contribution < -0.4 is 10.1 Å². The van der Waals surface area contributed by atoms with Crippen molar-refractivity contribution in [2.45, 2.75) is 33.1 Å².